The number of carbonyl (C=O) groups excluding carboxylic acids is 1. The minimum atomic E-state index is 0.0179. The van der Waals surface area contributed by atoms with Crippen LogP contribution in [0, 0.1) is 0 Å². The molecule has 5 rings (SSSR count). The number of benzene rings is 2. The third-order valence-corrected chi connectivity index (χ3v) is 7.54. The average Bonchev–Trinajstić information content (AvgIpc) is 3.21. The zero-order valence-corrected chi connectivity index (χ0v) is 21.7. The Morgan fingerprint density at radius 1 is 0.694 bits per heavy atom. The number of piperidine rings is 2. The van der Waals surface area contributed by atoms with Gasteiger partial charge in [-0.2, -0.15) is 0 Å². The molecular weight excluding hydrogens is 452 g/mol. The van der Waals surface area contributed by atoms with Gasteiger partial charge in [-0.1, -0.05) is 31.9 Å². The molecule has 2 saturated heterocycles. The maximum atomic E-state index is 13.5. The lowest BCUT2D eigenvalue weighted by molar-refractivity contribution is 0.104. The molecule has 0 saturated carbocycles. The van der Waals surface area contributed by atoms with Crippen LogP contribution in [-0.4, -0.2) is 74.7 Å². The summed E-state index contributed by atoms with van der Waals surface area (Å²) in [6.07, 6.45) is 8.61. The van der Waals surface area contributed by atoms with E-state index in [1.54, 1.807) is 0 Å². The summed E-state index contributed by atoms with van der Waals surface area (Å²) in [7, 11) is 0. The summed E-state index contributed by atoms with van der Waals surface area (Å²) >= 11 is 0. The first kappa shape index (κ1) is 25.1. The van der Waals surface area contributed by atoms with Crippen LogP contribution in [0.25, 0.3) is 11.1 Å². The van der Waals surface area contributed by atoms with E-state index in [0.717, 1.165) is 62.6 Å². The molecule has 6 nitrogen and oxygen atoms in total. The van der Waals surface area contributed by atoms with Gasteiger partial charge in [0, 0.05) is 41.4 Å². The largest absolute Gasteiger partial charge is 0.493 e. The fourth-order valence-electron chi connectivity index (χ4n) is 5.62. The van der Waals surface area contributed by atoms with Crippen LogP contribution in [-0.2, 0) is 0 Å². The predicted molar refractivity (Wildman–Crippen MR) is 143 cm³/mol. The van der Waals surface area contributed by atoms with Crippen molar-refractivity contribution in [2.45, 2.75) is 51.9 Å². The molecule has 0 atom stereocenters. The number of fused-ring (bicyclic) bond motifs is 3. The van der Waals surface area contributed by atoms with E-state index in [9.17, 15) is 4.79 Å². The third kappa shape index (κ3) is 5.70. The number of nitrogens with zero attached hydrogens (tertiary/aromatic N) is 2. The molecule has 6 heteroatoms. The van der Waals surface area contributed by atoms with E-state index in [2.05, 4.69) is 16.7 Å². The summed E-state index contributed by atoms with van der Waals surface area (Å²) in [5.41, 5.74) is 3.05. The second kappa shape index (κ2) is 12.1. The highest BCUT2D eigenvalue weighted by Gasteiger charge is 2.33. The Bertz CT molecular complexity index is 1040. The lowest BCUT2D eigenvalue weighted by atomic mass is 10.0. The standard InChI is InChI=1S/C30H40N2O4/c1-2-18-35-27-22-23(34-19-16-31-12-5-3-6-13-31)21-25-29(27)28-24(30(25)33)10-9-11-26(28)36-20-17-32-14-7-4-8-15-32/h9-11,21-22H,2-8,12-20H2,1H3. The molecule has 2 heterocycles. The van der Waals surface area contributed by atoms with Crippen LogP contribution >= 0.6 is 0 Å². The zero-order chi connectivity index (χ0) is 24.7. The minimum absolute atomic E-state index is 0.0179. The van der Waals surface area contributed by atoms with Gasteiger partial charge in [-0.3, -0.25) is 14.6 Å². The summed E-state index contributed by atoms with van der Waals surface area (Å²) in [4.78, 5) is 18.4. The molecule has 194 valence electrons. The molecule has 36 heavy (non-hydrogen) atoms. The van der Waals surface area contributed by atoms with E-state index in [-0.39, 0.29) is 5.78 Å². The van der Waals surface area contributed by atoms with Crippen molar-refractivity contribution in [3.8, 4) is 28.4 Å². The molecule has 0 unspecified atom stereocenters. The van der Waals surface area contributed by atoms with Crippen molar-refractivity contribution in [1.82, 2.24) is 9.80 Å². The molecule has 0 bridgehead atoms. The molecule has 0 aromatic heterocycles. The highest BCUT2D eigenvalue weighted by molar-refractivity contribution is 6.23. The van der Waals surface area contributed by atoms with E-state index in [4.69, 9.17) is 14.2 Å². The molecule has 0 N–H and O–H groups in total. The highest BCUT2D eigenvalue weighted by Crippen LogP contribution is 2.49. The van der Waals surface area contributed by atoms with Crippen molar-refractivity contribution in [3.63, 3.8) is 0 Å². The van der Waals surface area contributed by atoms with Crippen LogP contribution in [0.2, 0.25) is 0 Å². The number of likely N-dealkylation sites (tertiary alicyclic amines) is 2. The molecular formula is C30H40N2O4. The van der Waals surface area contributed by atoms with E-state index in [1.807, 2.05) is 30.3 Å². The Labute approximate surface area is 215 Å². The number of ketones is 1. The second-order valence-electron chi connectivity index (χ2n) is 10.2. The molecule has 0 radical (unpaired) electrons. The lowest BCUT2D eigenvalue weighted by Crippen LogP contribution is -2.33. The fourth-order valence-corrected chi connectivity index (χ4v) is 5.62. The zero-order valence-electron chi connectivity index (χ0n) is 21.7. The lowest BCUT2D eigenvalue weighted by Gasteiger charge is -2.26. The summed E-state index contributed by atoms with van der Waals surface area (Å²) in [5, 5.41) is 0. The van der Waals surface area contributed by atoms with Crippen LogP contribution in [0.4, 0.5) is 0 Å². The molecule has 2 fully saturated rings. The summed E-state index contributed by atoms with van der Waals surface area (Å²) in [5.74, 6) is 2.19. The second-order valence-corrected chi connectivity index (χ2v) is 10.2. The normalized spacial score (nSPS) is 18.1. The van der Waals surface area contributed by atoms with Gasteiger partial charge >= 0.3 is 0 Å². The molecule has 0 spiro atoms. The Kier molecular flexibility index (Phi) is 8.44. The first-order chi connectivity index (χ1) is 17.7. The Hall–Kier alpha value is -2.57. The van der Waals surface area contributed by atoms with Crippen LogP contribution in [0.3, 0.4) is 0 Å². The molecule has 1 aliphatic carbocycles. The van der Waals surface area contributed by atoms with Crippen LogP contribution in [0.15, 0.2) is 30.3 Å². The van der Waals surface area contributed by atoms with Gasteiger partial charge in [0.25, 0.3) is 0 Å². The molecule has 2 aromatic rings. The number of hydrogen-bond donors (Lipinski definition) is 0. The van der Waals surface area contributed by atoms with Gasteiger partial charge in [0.2, 0.25) is 0 Å². The smallest absolute Gasteiger partial charge is 0.194 e. The van der Waals surface area contributed by atoms with Crippen molar-refractivity contribution in [1.29, 1.82) is 0 Å². The van der Waals surface area contributed by atoms with Gasteiger partial charge in [0.05, 0.1) is 6.61 Å². The number of hydrogen-bond acceptors (Lipinski definition) is 6. The molecule has 2 aliphatic heterocycles. The van der Waals surface area contributed by atoms with Gasteiger partial charge in [0.1, 0.15) is 30.5 Å². The first-order valence-electron chi connectivity index (χ1n) is 13.9. The van der Waals surface area contributed by atoms with Gasteiger partial charge < -0.3 is 14.2 Å². The van der Waals surface area contributed by atoms with Crippen molar-refractivity contribution >= 4 is 5.78 Å². The van der Waals surface area contributed by atoms with Gasteiger partial charge in [-0.15, -0.1) is 0 Å². The van der Waals surface area contributed by atoms with Crippen LogP contribution in [0.1, 0.15) is 67.8 Å². The predicted octanol–water partition coefficient (Wildman–Crippen LogP) is 5.42. The topological polar surface area (TPSA) is 51.2 Å². The van der Waals surface area contributed by atoms with Crippen molar-refractivity contribution in [2.75, 3.05) is 59.1 Å². The molecule has 0 amide bonds. The van der Waals surface area contributed by atoms with E-state index in [0.29, 0.717) is 42.4 Å². The Balaban J connectivity index is 1.35. The number of ether oxygens (including phenoxy) is 3. The number of rotatable bonds is 11. The van der Waals surface area contributed by atoms with Crippen molar-refractivity contribution in [2.24, 2.45) is 0 Å². The van der Waals surface area contributed by atoms with Crippen molar-refractivity contribution in [3.05, 3.63) is 41.5 Å². The van der Waals surface area contributed by atoms with E-state index in [1.165, 1.54) is 38.5 Å². The SMILES string of the molecule is CCCOc1cc(OCCN2CCCCC2)cc2c1-c1c(OCCN3CCCCC3)cccc1C2=O. The van der Waals surface area contributed by atoms with Gasteiger partial charge in [-0.25, -0.2) is 0 Å². The van der Waals surface area contributed by atoms with Gasteiger partial charge in [-0.05, 0) is 70.4 Å². The number of carbonyl (C=O) groups is 1. The maximum Gasteiger partial charge on any atom is 0.194 e. The summed E-state index contributed by atoms with van der Waals surface area (Å²) < 4.78 is 18.6. The first-order valence-corrected chi connectivity index (χ1v) is 13.9. The van der Waals surface area contributed by atoms with Crippen molar-refractivity contribution < 1.29 is 19.0 Å². The fraction of sp³-hybridized carbons (Fsp3) is 0.567. The van der Waals surface area contributed by atoms with E-state index >= 15 is 0 Å². The quantitative estimate of drug-likeness (QED) is 0.356. The maximum absolute atomic E-state index is 13.5. The van der Waals surface area contributed by atoms with Crippen LogP contribution < -0.4 is 14.2 Å². The molecule has 2 aromatic carbocycles. The van der Waals surface area contributed by atoms with Gasteiger partial charge in [0.15, 0.2) is 5.78 Å². The Morgan fingerprint density at radius 3 is 1.97 bits per heavy atom. The monoisotopic (exact) mass is 492 g/mol. The summed E-state index contributed by atoms with van der Waals surface area (Å²) in [6.45, 7) is 10.3. The average molecular weight is 493 g/mol. The van der Waals surface area contributed by atoms with E-state index < -0.39 is 0 Å². The van der Waals surface area contributed by atoms with Crippen LogP contribution in [0.5, 0.6) is 17.2 Å². The molecule has 3 aliphatic rings. The summed E-state index contributed by atoms with van der Waals surface area (Å²) in [6, 6.07) is 9.64. The highest BCUT2D eigenvalue weighted by atomic mass is 16.5. The third-order valence-electron chi connectivity index (χ3n) is 7.54. The minimum Gasteiger partial charge on any atom is -0.493 e. The Morgan fingerprint density at radius 2 is 1.31 bits per heavy atom.